The molecule has 0 unspecified atom stereocenters. The van der Waals surface area contributed by atoms with Gasteiger partial charge in [-0.05, 0) is 41.5 Å². The summed E-state index contributed by atoms with van der Waals surface area (Å²) in [6.07, 6.45) is 0. The molecule has 0 atom stereocenters. The molecule has 0 radical (unpaired) electrons. The standard InChI is InChI=1S/C14H18O6/c1-7(15)13(8(2)16,9(3)17)14(10(4)18,11(5)19)12(6)20/h1-6H3. The predicted molar refractivity (Wildman–Crippen MR) is 69.0 cm³/mol. The van der Waals surface area contributed by atoms with E-state index in [-0.39, 0.29) is 0 Å². The molecular weight excluding hydrogens is 264 g/mol. The first-order valence-corrected chi connectivity index (χ1v) is 5.97. The third kappa shape index (κ3) is 1.95. The lowest BCUT2D eigenvalue weighted by molar-refractivity contribution is -0.171. The fourth-order valence-corrected chi connectivity index (χ4v) is 3.07. The van der Waals surface area contributed by atoms with Crippen LogP contribution in [0.25, 0.3) is 0 Å². The summed E-state index contributed by atoms with van der Waals surface area (Å²) in [6, 6.07) is 0. The smallest absolute Gasteiger partial charge is 0.171 e. The van der Waals surface area contributed by atoms with Crippen molar-refractivity contribution in [2.75, 3.05) is 0 Å². The first-order chi connectivity index (χ1) is 8.91. The number of hydrogen-bond donors (Lipinski definition) is 0. The Hall–Kier alpha value is -1.98. The molecule has 6 nitrogen and oxygen atoms in total. The molecule has 0 aliphatic carbocycles. The highest BCUT2D eigenvalue weighted by Crippen LogP contribution is 2.45. The van der Waals surface area contributed by atoms with Crippen molar-refractivity contribution in [2.45, 2.75) is 41.5 Å². The van der Waals surface area contributed by atoms with E-state index in [1.165, 1.54) is 0 Å². The summed E-state index contributed by atoms with van der Waals surface area (Å²) >= 11 is 0. The van der Waals surface area contributed by atoms with E-state index < -0.39 is 45.5 Å². The van der Waals surface area contributed by atoms with Crippen molar-refractivity contribution in [1.29, 1.82) is 0 Å². The first kappa shape index (κ1) is 18.0. The van der Waals surface area contributed by atoms with E-state index in [1.807, 2.05) is 0 Å². The van der Waals surface area contributed by atoms with Gasteiger partial charge < -0.3 is 0 Å². The van der Waals surface area contributed by atoms with Crippen molar-refractivity contribution in [3.05, 3.63) is 0 Å². The molecule has 0 aliphatic heterocycles. The van der Waals surface area contributed by atoms with E-state index in [2.05, 4.69) is 0 Å². The molecule has 0 heterocycles. The highest BCUT2D eigenvalue weighted by atomic mass is 16.2. The summed E-state index contributed by atoms with van der Waals surface area (Å²) in [5.74, 6) is -5.93. The van der Waals surface area contributed by atoms with Gasteiger partial charge in [-0.1, -0.05) is 0 Å². The molecule has 0 aromatic rings. The molecule has 0 aromatic carbocycles. The average molecular weight is 282 g/mol. The van der Waals surface area contributed by atoms with Crippen LogP contribution in [0.2, 0.25) is 0 Å². The topological polar surface area (TPSA) is 102 Å². The number of carbonyl (C=O) groups excluding carboxylic acids is 6. The molecule has 0 saturated carbocycles. The van der Waals surface area contributed by atoms with E-state index in [0.29, 0.717) is 0 Å². The van der Waals surface area contributed by atoms with Crippen molar-refractivity contribution >= 4 is 34.7 Å². The molecule has 20 heavy (non-hydrogen) atoms. The normalized spacial score (nSPS) is 11.7. The molecule has 0 rings (SSSR count). The summed E-state index contributed by atoms with van der Waals surface area (Å²) in [7, 11) is 0. The summed E-state index contributed by atoms with van der Waals surface area (Å²) in [6.45, 7) is 5.54. The zero-order valence-electron chi connectivity index (χ0n) is 12.4. The molecule has 0 aliphatic rings. The Balaban J connectivity index is 7.12. The highest BCUT2D eigenvalue weighted by molar-refractivity contribution is 6.38. The van der Waals surface area contributed by atoms with E-state index in [1.54, 1.807) is 0 Å². The number of hydrogen-bond acceptors (Lipinski definition) is 6. The molecular formula is C14H18O6. The Labute approximate surface area is 116 Å². The number of carbonyl (C=O) groups is 6. The van der Waals surface area contributed by atoms with E-state index >= 15 is 0 Å². The van der Waals surface area contributed by atoms with Crippen LogP contribution in [0.15, 0.2) is 0 Å². The molecule has 0 bridgehead atoms. The fourth-order valence-electron chi connectivity index (χ4n) is 3.07. The lowest BCUT2D eigenvalue weighted by Crippen LogP contribution is -2.65. The van der Waals surface area contributed by atoms with Crippen LogP contribution in [-0.4, -0.2) is 34.7 Å². The summed E-state index contributed by atoms with van der Waals surface area (Å²) in [5, 5.41) is 0. The van der Waals surface area contributed by atoms with Crippen LogP contribution in [0.1, 0.15) is 41.5 Å². The maximum atomic E-state index is 12.0. The summed E-state index contributed by atoms with van der Waals surface area (Å²) in [4.78, 5) is 72.1. The highest BCUT2D eigenvalue weighted by Gasteiger charge is 2.69. The minimum Gasteiger partial charge on any atom is -0.298 e. The van der Waals surface area contributed by atoms with Crippen LogP contribution < -0.4 is 0 Å². The summed E-state index contributed by atoms with van der Waals surface area (Å²) < 4.78 is 0. The Kier molecular flexibility index (Phi) is 5.01. The third-order valence-electron chi connectivity index (χ3n) is 3.73. The van der Waals surface area contributed by atoms with Crippen LogP contribution in [0.4, 0.5) is 0 Å². The largest absolute Gasteiger partial charge is 0.298 e. The Morgan fingerprint density at radius 1 is 0.400 bits per heavy atom. The number of rotatable bonds is 7. The quantitative estimate of drug-likeness (QED) is 0.630. The minimum absolute atomic E-state index is 0.923. The monoisotopic (exact) mass is 282 g/mol. The fraction of sp³-hybridized carbons (Fsp3) is 0.571. The lowest BCUT2D eigenvalue weighted by Gasteiger charge is -2.40. The van der Waals surface area contributed by atoms with Crippen molar-refractivity contribution in [3.63, 3.8) is 0 Å². The van der Waals surface area contributed by atoms with Crippen LogP contribution in [0.3, 0.4) is 0 Å². The van der Waals surface area contributed by atoms with Gasteiger partial charge in [0.25, 0.3) is 0 Å². The Bertz CT molecular complexity index is 406. The van der Waals surface area contributed by atoms with Gasteiger partial charge in [-0.2, -0.15) is 0 Å². The lowest BCUT2D eigenvalue weighted by atomic mass is 9.52. The molecule has 0 aromatic heterocycles. The maximum Gasteiger partial charge on any atom is 0.171 e. The second-order valence-electron chi connectivity index (χ2n) is 4.84. The van der Waals surface area contributed by atoms with Gasteiger partial charge in [-0.3, -0.25) is 28.8 Å². The van der Waals surface area contributed by atoms with Gasteiger partial charge in [0, 0.05) is 0 Å². The van der Waals surface area contributed by atoms with Crippen molar-refractivity contribution < 1.29 is 28.8 Å². The van der Waals surface area contributed by atoms with Gasteiger partial charge in [-0.15, -0.1) is 0 Å². The van der Waals surface area contributed by atoms with E-state index in [9.17, 15) is 28.8 Å². The average Bonchev–Trinajstić information content (AvgIpc) is 2.21. The number of ketones is 6. The van der Waals surface area contributed by atoms with E-state index in [4.69, 9.17) is 0 Å². The third-order valence-corrected chi connectivity index (χ3v) is 3.73. The molecule has 0 spiro atoms. The molecule has 0 amide bonds. The molecule has 0 N–H and O–H groups in total. The van der Waals surface area contributed by atoms with Gasteiger partial charge in [0.1, 0.15) is 0 Å². The van der Waals surface area contributed by atoms with Crippen LogP contribution in [-0.2, 0) is 28.8 Å². The van der Waals surface area contributed by atoms with Crippen LogP contribution in [0.5, 0.6) is 0 Å². The molecule has 0 saturated heterocycles. The number of Topliss-reactive ketones (excluding diaryl/α,β-unsaturated/α-hetero) is 6. The zero-order chi connectivity index (χ0) is 16.5. The van der Waals surface area contributed by atoms with E-state index in [0.717, 1.165) is 41.5 Å². The zero-order valence-corrected chi connectivity index (χ0v) is 12.4. The predicted octanol–water partition coefficient (Wildman–Crippen LogP) is 0.493. The van der Waals surface area contributed by atoms with Gasteiger partial charge in [0.05, 0.1) is 0 Å². The van der Waals surface area contributed by atoms with Gasteiger partial charge in [0.2, 0.25) is 0 Å². The van der Waals surface area contributed by atoms with Crippen LogP contribution in [0, 0.1) is 10.8 Å². The molecule has 110 valence electrons. The maximum absolute atomic E-state index is 12.0. The van der Waals surface area contributed by atoms with Crippen molar-refractivity contribution in [1.82, 2.24) is 0 Å². The van der Waals surface area contributed by atoms with Crippen LogP contribution >= 0.6 is 0 Å². The summed E-state index contributed by atoms with van der Waals surface area (Å²) in [5.41, 5.74) is -5.17. The Morgan fingerprint density at radius 2 is 0.500 bits per heavy atom. The second kappa shape index (κ2) is 5.56. The SMILES string of the molecule is CC(=O)C(C(C)=O)(C(C)=O)C(C(C)=O)(C(C)=O)C(C)=O. The molecule has 0 fully saturated rings. The minimum atomic E-state index is -2.59. The van der Waals surface area contributed by atoms with Gasteiger partial charge in [-0.25, -0.2) is 0 Å². The Morgan fingerprint density at radius 3 is 0.550 bits per heavy atom. The van der Waals surface area contributed by atoms with Crippen molar-refractivity contribution in [2.24, 2.45) is 10.8 Å². The second-order valence-corrected chi connectivity index (χ2v) is 4.84. The van der Waals surface area contributed by atoms with Gasteiger partial charge >= 0.3 is 0 Å². The first-order valence-electron chi connectivity index (χ1n) is 5.97. The van der Waals surface area contributed by atoms with Gasteiger partial charge in [0.15, 0.2) is 45.5 Å². The molecule has 6 heteroatoms. The van der Waals surface area contributed by atoms with Crippen molar-refractivity contribution in [3.8, 4) is 0 Å².